The van der Waals surface area contributed by atoms with Crippen LogP contribution < -0.4 is 5.43 Å². The van der Waals surface area contributed by atoms with Crippen molar-refractivity contribution in [3.05, 3.63) is 48.0 Å². The molecule has 1 N–H and O–H groups in total. The van der Waals surface area contributed by atoms with Gasteiger partial charge in [-0.1, -0.05) is 30.7 Å². The highest BCUT2D eigenvalue weighted by molar-refractivity contribution is 6.09. The van der Waals surface area contributed by atoms with Gasteiger partial charge in [0.05, 0.1) is 6.21 Å². The zero-order valence-electron chi connectivity index (χ0n) is 16.7. The zero-order chi connectivity index (χ0) is 20.2. The SMILES string of the molecule is CCn1c2ccccc2c2cc(/C=N\NC(=O)CN3CCCCCC3=O)ccc21. The third-order valence-corrected chi connectivity index (χ3v) is 5.52. The number of aromatic nitrogens is 1. The molecule has 3 aromatic rings. The Labute approximate surface area is 170 Å². The summed E-state index contributed by atoms with van der Waals surface area (Å²) in [5.74, 6) is -0.209. The van der Waals surface area contributed by atoms with Gasteiger partial charge in [-0.15, -0.1) is 0 Å². The quantitative estimate of drug-likeness (QED) is 0.534. The Morgan fingerprint density at radius 1 is 1.10 bits per heavy atom. The molecule has 29 heavy (non-hydrogen) atoms. The van der Waals surface area contributed by atoms with Gasteiger partial charge in [0, 0.05) is 41.3 Å². The monoisotopic (exact) mass is 390 g/mol. The molecule has 0 spiro atoms. The average molecular weight is 390 g/mol. The van der Waals surface area contributed by atoms with Crippen LogP contribution in [0.4, 0.5) is 0 Å². The fraction of sp³-hybridized carbons (Fsp3) is 0.348. The highest BCUT2D eigenvalue weighted by atomic mass is 16.2. The van der Waals surface area contributed by atoms with Gasteiger partial charge < -0.3 is 9.47 Å². The predicted octanol–water partition coefficient (Wildman–Crippen LogP) is 3.67. The molecule has 0 saturated carbocycles. The predicted molar refractivity (Wildman–Crippen MR) is 116 cm³/mol. The Bertz CT molecular complexity index is 1080. The molecular weight excluding hydrogens is 364 g/mol. The number of likely N-dealkylation sites (tertiary alicyclic amines) is 1. The Morgan fingerprint density at radius 2 is 1.93 bits per heavy atom. The second kappa shape index (κ2) is 8.47. The summed E-state index contributed by atoms with van der Waals surface area (Å²) in [6, 6.07) is 14.6. The number of nitrogens with one attached hydrogen (secondary N) is 1. The molecule has 4 rings (SSSR count). The van der Waals surface area contributed by atoms with Crippen molar-refractivity contribution in [3.63, 3.8) is 0 Å². The van der Waals surface area contributed by atoms with Crippen molar-refractivity contribution >= 4 is 39.8 Å². The van der Waals surface area contributed by atoms with Crippen molar-refractivity contribution in [3.8, 4) is 0 Å². The minimum atomic E-state index is -0.264. The molecule has 0 unspecified atom stereocenters. The fourth-order valence-electron chi connectivity index (χ4n) is 4.09. The summed E-state index contributed by atoms with van der Waals surface area (Å²) in [5, 5.41) is 6.49. The summed E-state index contributed by atoms with van der Waals surface area (Å²) in [6.45, 7) is 3.77. The first-order valence-corrected chi connectivity index (χ1v) is 10.3. The van der Waals surface area contributed by atoms with E-state index in [1.54, 1.807) is 11.1 Å². The summed E-state index contributed by atoms with van der Waals surface area (Å²) in [7, 11) is 0. The van der Waals surface area contributed by atoms with Crippen molar-refractivity contribution < 1.29 is 9.59 Å². The van der Waals surface area contributed by atoms with E-state index in [4.69, 9.17) is 0 Å². The van der Waals surface area contributed by atoms with Crippen LogP contribution in [0.2, 0.25) is 0 Å². The van der Waals surface area contributed by atoms with E-state index in [2.05, 4.69) is 52.3 Å². The van der Waals surface area contributed by atoms with E-state index in [0.29, 0.717) is 13.0 Å². The van der Waals surface area contributed by atoms with Crippen LogP contribution in [0.3, 0.4) is 0 Å². The van der Waals surface area contributed by atoms with Gasteiger partial charge in [0.2, 0.25) is 5.91 Å². The van der Waals surface area contributed by atoms with Crippen molar-refractivity contribution in [2.75, 3.05) is 13.1 Å². The number of amides is 2. The molecule has 0 radical (unpaired) electrons. The van der Waals surface area contributed by atoms with E-state index in [9.17, 15) is 9.59 Å². The molecule has 0 atom stereocenters. The number of nitrogens with zero attached hydrogens (tertiary/aromatic N) is 3. The van der Waals surface area contributed by atoms with Crippen LogP contribution in [0.25, 0.3) is 21.8 Å². The fourth-order valence-corrected chi connectivity index (χ4v) is 4.09. The second-order valence-electron chi connectivity index (χ2n) is 7.46. The van der Waals surface area contributed by atoms with Crippen molar-refractivity contribution in [1.82, 2.24) is 14.9 Å². The number of fused-ring (bicyclic) bond motifs is 3. The van der Waals surface area contributed by atoms with Crippen LogP contribution in [0.15, 0.2) is 47.6 Å². The molecule has 1 fully saturated rings. The van der Waals surface area contributed by atoms with Crippen LogP contribution in [-0.4, -0.2) is 40.6 Å². The summed E-state index contributed by atoms with van der Waals surface area (Å²) in [5.41, 5.74) is 5.88. The minimum Gasteiger partial charge on any atom is -0.341 e. The lowest BCUT2D eigenvalue weighted by molar-refractivity contribution is -0.135. The molecule has 150 valence electrons. The highest BCUT2D eigenvalue weighted by Crippen LogP contribution is 2.29. The van der Waals surface area contributed by atoms with Crippen molar-refractivity contribution in [2.24, 2.45) is 5.10 Å². The van der Waals surface area contributed by atoms with Crippen LogP contribution in [0.5, 0.6) is 0 Å². The molecule has 6 nitrogen and oxygen atoms in total. The molecule has 2 heterocycles. The lowest BCUT2D eigenvalue weighted by Crippen LogP contribution is -2.39. The first-order chi connectivity index (χ1) is 14.2. The zero-order valence-corrected chi connectivity index (χ0v) is 16.7. The van der Waals surface area contributed by atoms with Crippen LogP contribution in [0, 0.1) is 0 Å². The molecule has 0 aliphatic carbocycles. The van der Waals surface area contributed by atoms with Gasteiger partial charge >= 0.3 is 0 Å². The topological polar surface area (TPSA) is 66.7 Å². The van der Waals surface area contributed by atoms with Crippen LogP contribution >= 0.6 is 0 Å². The molecule has 2 aromatic carbocycles. The number of benzene rings is 2. The third-order valence-electron chi connectivity index (χ3n) is 5.52. The number of aryl methyl sites for hydroxylation is 1. The number of hydrogen-bond donors (Lipinski definition) is 1. The lowest BCUT2D eigenvalue weighted by Gasteiger charge is -2.18. The van der Waals surface area contributed by atoms with Crippen LogP contribution in [0.1, 0.15) is 38.2 Å². The number of carbonyl (C=O) groups is 2. The molecule has 0 bridgehead atoms. The molecule has 1 aliphatic rings. The Balaban J connectivity index is 1.47. The van der Waals surface area contributed by atoms with Gasteiger partial charge in [-0.05, 0) is 43.5 Å². The normalized spacial score (nSPS) is 15.3. The third kappa shape index (κ3) is 4.01. The van der Waals surface area contributed by atoms with Gasteiger partial charge in [-0.3, -0.25) is 9.59 Å². The molecule has 1 aliphatic heterocycles. The Morgan fingerprint density at radius 3 is 2.79 bits per heavy atom. The van der Waals surface area contributed by atoms with E-state index in [1.807, 2.05) is 12.1 Å². The van der Waals surface area contributed by atoms with E-state index in [1.165, 1.54) is 21.8 Å². The van der Waals surface area contributed by atoms with E-state index >= 15 is 0 Å². The summed E-state index contributed by atoms with van der Waals surface area (Å²) < 4.78 is 2.30. The number of rotatable bonds is 5. The molecule has 2 amide bonds. The first-order valence-electron chi connectivity index (χ1n) is 10.3. The van der Waals surface area contributed by atoms with Gasteiger partial charge in [0.15, 0.2) is 0 Å². The maximum Gasteiger partial charge on any atom is 0.259 e. The van der Waals surface area contributed by atoms with Gasteiger partial charge in [0.1, 0.15) is 6.54 Å². The number of carbonyl (C=O) groups excluding carboxylic acids is 2. The number of hydrazone groups is 1. The van der Waals surface area contributed by atoms with Gasteiger partial charge in [-0.25, -0.2) is 5.43 Å². The van der Waals surface area contributed by atoms with Crippen molar-refractivity contribution in [2.45, 2.75) is 39.2 Å². The minimum absolute atomic E-state index is 0.0550. The maximum atomic E-state index is 12.2. The van der Waals surface area contributed by atoms with E-state index < -0.39 is 0 Å². The smallest absolute Gasteiger partial charge is 0.259 e. The summed E-state index contributed by atoms with van der Waals surface area (Å²) >= 11 is 0. The molecule has 1 saturated heterocycles. The average Bonchev–Trinajstić information content (AvgIpc) is 2.91. The van der Waals surface area contributed by atoms with E-state index in [0.717, 1.165) is 31.4 Å². The first kappa shape index (κ1) is 19.2. The Kier molecular flexibility index (Phi) is 5.60. The largest absolute Gasteiger partial charge is 0.341 e. The molecular formula is C23H26N4O2. The van der Waals surface area contributed by atoms with Gasteiger partial charge in [0.25, 0.3) is 5.91 Å². The lowest BCUT2D eigenvalue weighted by atomic mass is 10.1. The van der Waals surface area contributed by atoms with Crippen molar-refractivity contribution in [1.29, 1.82) is 0 Å². The standard InChI is InChI=1S/C23H26N4O2/c1-2-27-20-9-6-5-8-18(20)19-14-17(11-12-21(19)27)15-24-25-22(28)16-26-13-7-3-4-10-23(26)29/h5-6,8-9,11-12,14-15H,2-4,7,10,13,16H2,1H3,(H,25,28)/b24-15-. The summed E-state index contributed by atoms with van der Waals surface area (Å²) in [4.78, 5) is 25.8. The Hall–Kier alpha value is -3.15. The second-order valence-corrected chi connectivity index (χ2v) is 7.46. The highest BCUT2D eigenvalue weighted by Gasteiger charge is 2.18. The summed E-state index contributed by atoms with van der Waals surface area (Å²) in [6.07, 6.45) is 5.08. The van der Waals surface area contributed by atoms with E-state index in [-0.39, 0.29) is 18.4 Å². The van der Waals surface area contributed by atoms with Crippen LogP contribution in [-0.2, 0) is 16.1 Å². The number of para-hydroxylation sites is 1. The molecule has 6 heteroatoms. The molecule has 1 aromatic heterocycles. The van der Waals surface area contributed by atoms with Gasteiger partial charge in [-0.2, -0.15) is 5.10 Å². The number of hydrogen-bond acceptors (Lipinski definition) is 3. The maximum absolute atomic E-state index is 12.2.